The summed E-state index contributed by atoms with van der Waals surface area (Å²) in [5, 5.41) is 0. The van der Waals surface area contributed by atoms with Gasteiger partial charge in [0.05, 0.1) is 0 Å². The molecule has 0 bridgehead atoms. The lowest BCUT2D eigenvalue weighted by Crippen LogP contribution is -2.31. The fourth-order valence-corrected chi connectivity index (χ4v) is 0.855. The topological polar surface area (TPSA) is 18.5 Å². The highest BCUT2D eigenvalue weighted by atomic mass is 35.5. The number of ether oxygens (including phenoxy) is 2. The molecule has 62 valence electrons. The zero-order chi connectivity index (χ0) is 8.20. The first-order chi connectivity index (χ1) is 4.54. The van der Waals surface area contributed by atoms with Gasteiger partial charge in [-0.2, -0.15) is 0 Å². The minimum atomic E-state index is -1.45. The molecule has 0 aromatic heterocycles. The van der Waals surface area contributed by atoms with Crippen molar-refractivity contribution in [2.24, 2.45) is 0 Å². The number of halogens is 3. The van der Waals surface area contributed by atoms with E-state index in [-0.39, 0.29) is 0 Å². The van der Waals surface area contributed by atoms with E-state index < -0.39 is 10.1 Å². The number of rotatable bonds is 4. The molecule has 0 aromatic carbocycles. The van der Waals surface area contributed by atoms with Crippen LogP contribution in [-0.2, 0) is 9.47 Å². The van der Waals surface area contributed by atoms with Crippen molar-refractivity contribution >= 4 is 34.8 Å². The average molecular weight is 207 g/mol. The normalized spacial score (nSPS) is 15.3. The summed E-state index contributed by atoms with van der Waals surface area (Å²) in [4.78, 5) is 0. The van der Waals surface area contributed by atoms with Crippen LogP contribution in [0.5, 0.6) is 0 Å². The van der Waals surface area contributed by atoms with Crippen LogP contribution in [0.4, 0.5) is 0 Å². The van der Waals surface area contributed by atoms with Gasteiger partial charge >= 0.3 is 0 Å². The molecule has 0 heterocycles. The third kappa shape index (κ3) is 3.26. The maximum atomic E-state index is 5.57. The zero-order valence-corrected chi connectivity index (χ0v) is 8.00. The van der Waals surface area contributed by atoms with E-state index in [2.05, 4.69) is 4.74 Å². The van der Waals surface area contributed by atoms with Crippen LogP contribution in [0.25, 0.3) is 0 Å². The van der Waals surface area contributed by atoms with E-state index in [9.17, 15) is 0 Å². The van der Waals surface area contributed by atoms with E-state index in [0.717, 1.165) is 0 Å². The van der Waals surface area contributed by atoms with E-state index in [1.165, 1.54) is 7.11 Å². The summed E-state index contributed by atoms with van der Waals surface area (Å²) in [6.07, 6.45) is 0. The Balaban J connectivity index is 3.82. The van der Waals surface area contributed by atoms with Crippen molar-refractivity contribution in [1.29, 1.82) is 0 Å². The second kappa shape index (κ2) is 4.62. The fraction of sp³-hybridized carbons (Fsp3) is 1.00. The van der Waals surface area contributed by atoms with Crippen LogP contribution in [0.15, 0.2) is 0 Å². The molecule has 2 nitrogen and oxygen atoms in total. The van der Waals surface area contributed by atoms with Crippen molar-refractivity contribution in [1.82, 2.24) is 0 Å². The summed E-state index contributed by atoms with van der Waals surface area (Å²) in [5.74, 6) is 0. The molecule has 0 amide bonds. The van der Waals surface area contributed by atoms with Crippen molar-refractivity contribution in [2.45, 2.75) is 17.0 Å². The van der Waals surface area contributed by atoms with Crippen LogP contribution in [0.1, 0.15) is 6.92 Å². The minimum absolute atomic E-state index is 0.388. The van der Waals surface area contributed by atoms with E-state index in [4.69, 9.17) is 39.5 Å². The SMILES string of the molecule is CCOC(Cl)(Cl)C(Cl)OC. The fourth-order valence-electron chi connectivity index (χ4n) is 0.395. The predicted octanol–water partition coefficient (Wildman–Crippen LogP) is 2.37. The molecule has 0 fully saturated rings. The summed E-state index contributed by atoms with van der Waals surface area (Å²) < 4.78 is 8.05. The van der Waals surface area contributed by atoms with Crippen molar-refractivity contribution in [3.05, 3.63) is 0 Å². The first kappa shape index (κ1) is 10.8. The quantitative estimate of drug-likeness (QED) is 0.659. The average Bonchev–Trinajstić information content (AvgIpc) is 1.86. The highest BCUT2D eigenvalue weighted by Crippen LogP contribution is 2.30. The second-order valence-corrected chi connectivity index (χ2v) is 3.26. The first-order valence-corrected chi connectivity index (χ1v) is 3.92. The summed E-state index contributed by atoms with van der Waals surface area (Å²) in [7, 11) is 1.40. The highest BCUT2D eigenvalue weighted by Gasteiger charge is 2.34. The standard InChI is InChI=1S/C5H9Cl3O2/c1-3-10-5(7,8)4(6)9-2/h4H,3H2,1-2H3. The van der Waals surface area contributed by atoms with Gasteiger partial charge in [0, 0.05) is 13.7 Å². The molecule has 0 saturated heterocycles. The van der Waals surface area contributed by atoms with Gasteiger partial charge in [0.1, 0.15) is 0 Å². The number of methoxy groups -OCH3 is 1. The molecule has 0 saturated carbocycles. The van der Waals surface area contributed by atoms with Crippen LogP contribution in [0.3, 0.4) is 0 Å². The molecule has 0 aromatic rings. The van der Waals surface area contributed by atoms with Gasteiger partial charge < -0.3 is 9.47 Å². The van der Waals surface area contributed by atoms with Gasteiger partial charge in [-0.1, -0.05) is 34.8 Å². The molecule has 10 heavy (non-hydrogen) atoms. The lowest BCUT2D eigenvalue weighted by Gasteiger charge is -2.22. The first-order valence-electron chi connectivity index (χ1n) is 2.73. The zero-order valence-electron chi connectivity index (χ0n) is 5.73. The van der Waals surface area contributed by atoms with E-state index in [0.29, 0.717) is 6.61 Å². The molecule has 0 radical (unpaired) electrons. The molecular formula is C5H9Cl3O2. The Morgan fingerprint density at radius 1 is 1.50 bits per heavy atom. The molecule has 0 rings (SSSR count). The van der Waals surface area contributed by atoms with Gasteiger partial charge in [0.2, 0.25) is 0 Å². The Bertz CT molecular complexity index is 96.9. The Labute approximate surface area is 75.3 Å². The Kier molecular flexibility index (Phi) is 4.99. The molecule has 1 atom stereocenters. The number of hydrogen-bond donors (Lipinski definition) is 0. The largest absolute Gasteiger partial charge is 0.360 e. The van der Waals surface area contributed by atoms with Gasteiger partial charge in [-0.25, -0.2) is 0 Å². The van der Waals surface area contributed by atoms with Gasteiger partial charge in [-0.3, -0.25) is 0 Å². The molecular weight excluding hydrogens is 198 g/mol. The van der Waals surface area contributed by atoms with Crippen molar-refractivity contribution in [3.8, 4) is 0 Å². The third-order valence-corrected chi connectivity index (χ3v) is 2.13. The molecule has 1 unspecified atom stereocenters. The minimum Gasteiger partial charge on any atom is -0.360 e. The second-order valence-electron chi connectivity index (χ2n) is 1.55. The van der Waals surface area contributed by atoms with Crippen LogP contribution < -0.4 is 0 Å². The molecule has 0 spiro atoms. The maximum absolute atomic E-state index is 5.57. The van der Waals surface area contributed by atoms with Crippen LogP contribution in [-0.4, -0.2) is 23.8 Å². The monoisotopic (exact) mass is 206 g/mol. The van der Waals surface area contributed by atoms with Crippen molar-refractivity contribution in [3.63, 3.8) is 0 Å². The Morgan fingerprint density at radius 2 is 2.00 bits per heavy atom. The molecule has 0 aliphatic heterocycles. The number of alkyl halides is 3. The lowest BCUT2D eigenvalue weighted by atomic mass is 10.7. The summed E-state index contributed by atoms with van der Waals surface area (Å²) >= 11 is 16.7. The van der Waals surface area contributed by atoms with Crippen molar-refractivity contribution < 1.29 is 9.47 Å². The van der Waals surface area contributed by atoms with Crippen LogP contribution in [0, 0.1) is 0 Å². The molecule has 5 heteroatoms. The smallest absolute Gasteiger partial charge is 0.258 e. The predicted molar refractivity (Wildman–Crippen MR) is 42.7 cm³/mol. The van der Waals surface area contributed by atoms with Gasteiger partial charge in [-0.05, 0) is 6.92 Å². The Morgan fingerprint density at radius 3 is 2.30 bits per heavy atom. The molecule has 0 aliphatic carbocycles. The van der Waals surface area contributed by atoms with Crippen LogP contribution >= 0.6 is 34.8 Å². The summed E-state index contributed by atoms with van der Waals surface area (Å²) in [6.45, 7) is 2.15. The van der Waals surface area contributed by atoms with Gasteiger partial charge in [0.25, 0.3) is 4.52 Å². The summed E-state index contributed by atoms with van der Waals surface area (Å²) in [6, 6.07) is 0. The Hall–Kier alpha value is 0.790. The third-order valence-electron chi connectivity index (χ3n) is 0.808. The number of hydrogen-bond acceptors (Lipinski definition) is 2. The highest BCUT2D eigenvalue weighted by molar-refractivity contribution is 6.50. The molecule has 0 N–H and O–H groups in total. The van der Waals surface area contributed by atoms with E-state index in [1.54, 1.807) is 6.92 Å². The van der Waals surface area contributed by atoms with Gasteiger partial charge in [-0.15, -0.1) is 0 Å². The van der Waals surface area contributed by atoms with Crippen LogP contribution in [0.2, 0.25) is 0 Å². The van der Waals surface area contributed by atoms with Crippen molar-refractivity contribution in [2.75, 3.05) is 13.7 Å². The molecule has 0 aliphatic rings. The van der Waals surface area contributed by atoms with E-state index >= 15 is 0 Å². The van der Waals surface area contributed by atoms with E-state index in [1.807, 2.05) is 0 Å². The maximum Gasteiger partial charge on any atom is 0.258 e. The lowest BCUT2D eigenvalue weighted by molar-refractivity contribution is 0.00452. The van der Waals surface area contributed by atoms with Gasteiger partial charge in [0.15, 0.2) is 5.56 Å². The summed E-state index contributed by atoms with van der Waals surface area (Å²) in [5.41, 5.74) is -0.851.